The Bertz CT molecular complexity index is 1350. The zero-order chi connectivity index (χ0) is 36.3. The predicted octanol–water partition coefficient (Wildman–Crippen LogP) is 10.5. The van der Waals surface area contributed by atoms with Gasteiger partial charge in [-0.25, -0.2) is 4.98 Å². The molecule has 0 spiro atoms. The van der Waals surface area contributed by atoms with E-state index in [4.69, 9.17) is 13.9 Å². The first-order chi connectivity index (χ1) is 22.0. The number of hydrogen-bond donors (Lipinski definition) is 0. The Hall–Kier alpha value is -2.92. The van der Waals surface area contributed by atoms with E-state index in [0.29, 0.717) is 24.3 Å². The molecular weight excluding hydrogens is 697 g/mol. The van der Waals surface area contributed by atoms with Crippen molar-refractivity contribution in [3.63, 3.8) is 0 Å². The summed E-state index contributed by atoms with van der Waals surface area (Å²) in [6.45, 7) is 5.96. The van der Waals surface area contributed by atoms with Gasteiger partial charge in [0.05, 0.1) is 6.42 Å². The molecule has 2 heterocycles. The van der Waals surface area contributed by atoms with Crippen LogP contribution in [0, 0.1) is 5.92 Å². The van der Waals surface area contributed by atoms with Crippen LogP contribution in [0.1, 0.15) is 70.8 Å². The van der Waals surface area contributed by atoms with Gasteiger partial charge in [-0.1, -0.05) is 52.2 Å². The maximum atomic E-state index is 14.5. The summed E-state index contributed by atoms with van der Waals surface area (Å²) in [4.78, 5) is 4.10. The van der Waals surface area contributed by atoms with Gasteiger partial charge in [0.1, 0.15) is 0 Å². The molecule has 48 heavy (non-hydrogen) atoms. The number of pyridine rings is 1. The van der Waals surface area contributed by atoms with Gasteiger partial charge in [0.15, 0.2) is 17.4 Å². The van der Waals surface area contributed by atoms with Gasteiger partial charge in [0.25, 0.3) is 0 Å². The normalized spacial score (nSPS) is 18.0. The van der Waals surface area contributed by atoms with Gasteiger partial charge < -0.3 is 13.9 Å². The number of aromatic nitrogens is 1. The Balaban J connectivity index is 1.76. The Labute approximate surface area is 270 Å². The van der Waals surface area contributed by atoms with E-state index in [0.717, 1.165) is 19.3 Å². The van der Waals surface area contributed by atoms with Gasteiger partial charge in [-0.15, -0.1) is 0 Å². The van der Waals surface area contributed by atoms with Crippen molar-refractivity contribution in [2.45, 2.75) is 113 Å². The first kappa shape index (κ1) is 39.5. The number of benzene rings is 1. The average molecular weight is 730 g/mol. The molecule has 4 unspecified atom stereocenters. The molecule has 1 aliphatic heterocycles. The highest BCUT2D eigenvalue weighted by molar-refractivity contribution is 6.30. The van der Waals surface area contributed by atoms with E-state index in [9.17, 15) is 57.1 Å². The number of halogens is 13. The van der Waals surface area contributed by atoms with E-state index in [-0.39, 0.29) is 38.6 Å². The fourth-order valence-electron chi connectivity index (χ4n) is 5.04. The van der Waals surface area contributed by atoms with Crippen LogP contribution in [0.4, 0.5) is 57.1 Å². The second-order valence-corrected chi connectivity index (χ2v) is 13.1. The lowest BCUT2D eigenvalue weighted by Crippen LogP contribution is -2.70. The fourth-order valence-corrected chi connectivity index (χ4v) is 5.77. The molecule has 3 rings (SSSR count). The summed E-state index contributed by atoms with van der Waals surface area (Å²) in [6, 6.07) is 9.37. The first-order valence-electron chi connectivity index (χ1n) is 14.8. The van der Waals surface area contributed by atoms with Crippen LogP contribution < -0.4 is 13.9 Å². The van der Waals surface area contributed by atoms with Crippen molar-refractivity contribution in [2.75, 3.05) is 0 Å². The minimum Gasteiger partial charge on any atom is -0.528 e. The number of nitrogens with zero attached hydrogens (tertiary/aromatic N) is 1. The highest BCUT2D eigenvalue weighted by atomic mass is 28.2. The summed E-state index contributed by atoms with van der Waals surface area (Å²) in [5, 5.41) is 0. The molecule has 0 bridgehead atoms. The van der Waals surface area contributed by atoms with Gasteiger partial charge in [-0.3, -0.25) is 0 Å². The van der Waals surface area contributed by atoms with Crippen LogP contribution in [0.25, 0.3) is 0 Å². The molecular formula is C30H32F13NO3Si. The maximum absolute atomic E-state index is 14.5. The van der Waals surface area contributed by atoms with Gasteiger partial charge in [-0.2, -0.15) is 57.1 Å². The van der Waals surface area contributed by atoms with Crippen LogP contribution in [-0.2, 0) is 0 Å². The molecule has 0 saturated heterocycles. The summed E-state index contributed by atoms with van der Waals surface area (Å²) in [7, 11) is 0.0755. The Morgan fingerprint density at radius 3 is 1.98 bits per heavy atom. The van der Waals surface area contributed by atoms with Crippen LogP contribution in [-0.4, -0.2) is 56.8 Å². The molecule has 1 aromatic carbocycles. The third-order valence-electron chi connectivity index (χ3n) is 7.95. The van der Waals surface area contributed by atoms with Gasteiger partial charge in [-0.05, 0) is 60.0 Å². The van der Waals surface area contributed by atoms with E-state index >= 15 is 0 Å². The third-order valence-corrected chi connectivity index (χ3v) is 8.97. The molecule has 18 heteroatoms. The zero-order valence-electron chi connectivity index (χ0n) is 25.7. The van der Waals surface area contributed by atoms with Crippen LogP contribution in [0.2, 0.25) is 5.54 Å². The van der Waals surface area contributed by atoms with Crippen molar-refractivity contribution in [1.29, 1.82) is 0 Å². The smallest absolute Gasteiger partial charge is 0.460 e. The van der Waals surface area contributed by atoms with Gasteiger partial charge >= 0.3 is 45.6 Å². The number of alkyl halides is 13. The topological polar surface area (TPSA) is 40.6 Å². The lowest BCUT2D eigenvalue weighted by atomic mass is 9.81. The molecule has 1 aromatic heterocycles. The van der Waals surface area contributed by atoms with Crippen molar-refractivity contribution in [3.8, 4) is 17.4 Å². The van der Waals surface area contributed by atoms with Crippen molar-refractivity contribution in [3.05, 3.63) is 48.2 Å². The Kier molecular flexibility index (Phi) is 11.9. The molecule has 4 nitrogen and oxygen atoms in total. The van der Waals surface area contributed by atoms with Gasteiger partial charge in [0, 0.05) is 6.20 Å². The maximum Gasteiger partial charge on any atom is 0.460 e. The summed E-state index contributed by atoms with van der Waals surface area (Å²) < 4.78 is 192. The van der Waals surface area contributed by atoms with Crippen molar-refractivity contribution in [2.24, 2.45) is 5.92 Å². The SMILES string of the molecule is CCCCC(C)C(CCC(C)[Si]Oc1ccccn1)c1ccc2c(c1)OC(CC(F)(F)C(F)(F)C(F)(F)C(F)(F)C(F)(F)C(F)(F)F)O2. The Morgan fingerprint density at radius 2 is 1.40 bits per heavy atom. The summed E-state index contributed by atoms with van der Waals surface area (Å²) in [5.41, 5.74) is 0.720. The average Bonchev–Trinajstić information content (AvgIpc) is 3.39. The van der Waals surface area contributed by atoms with E-state index < -0.39 is 48.5 Å². The minimum absolute atomic E-state index is 0.0755. The van der Waals surface area contributed by atoms with E-state index in [1.165, 1.54) is 12.1 Å². The van der Waals surface area contributed by atoms with Gasteiger partial charge in [0.2, 0.25) is 6.29 Å². The number of unbranched alkanes of at least 4 members (excludes halogenated alkanes) is 1. The number of hydrogen-bond acceptors (Lipinski definition) is 4. The summed E-state index contributed by atoms with van der Waals surface area (Å²) in [6.07, 6.45) is -7.13. The van der Waals surface area contributed by atoms with E-state index in [2.05, 4.69) is 4.98 Å². The van der Waals surface area contributed by atoms with E-state index in [1.807, 2.05) is 20.8 Å². The molecule has 270 valence electrons. The molecule has 2 radical (unpaired) electrons. The highest BCUT2D eigenvalue weighted by Gasteiger charge is 2.90. The monoisotopic (exact) mass is 729 g/mol. The summed E-state index contributed by atoms with van der Waals surface area (Å²) in [5.74, 6) is -37.5. The second kappa shape index (κ2) is 14.5. The number of fused-ring (bicyclic) bond motifs is 1. The summed E-state index contributed by atoms with van der Waals surface area (Å²) >= 11 is 0. The third kappa shape index (κ3) is 7.93. The van der Waals surface area contributed by atoms with Crippen LogP contribution in [0.15, 0.2) is 42.6 Å². The quantitative estimate of drug-likeness (QED) is 0.120. The van der Waals surface area contributed by atoms with Crippen molar-refractivity contribution < 1.29 is 71.0 Å². The standard InChI is InChI=1S/C30H32F13NO3Si/c1-4-5-8-17(2)20(12-10-18(3)48-47-23-9-6-7-14-44-23)19-11-13-21-22(15-19)46-24(45-21)16-25(31,32)26(33,34)27(35,36)28(37,38)29(39,40)30(41,42)43/h6-7,9,11,13-15,17-18,20,24H,4-5,8,10,12,16H2,1-3H3. The molecule has 0 amide bonds. The molecule has 0 aliphatic carbocycles. The van der Waals surface area contributed by atoms with Crippen LogP contribution in [0.5, 0.6) is 17.4 Å². The molecule has 4 atom stereocenters. The lowest BCUT2D eigenvalue weighted by Gasteiger charge is -2.39. The zero-order valence-corrected chi connectivity index (χ0v) is 26.7. The molecule has 2 aromatic rings. The van der Waals surface area contributed by atoms with Crippen molar-refractivity contribution in [1.82, 2.24) is 4.98 Å². The minimum atomic E-state index is -7.97. The molecule has 0 N–H and O–H groups in total. The first-order valence-corrected chi connectivity index (χ1v) is 15.7. The molecule has 1 aliphatic rings. The largest absolute Gasteiger partial charge is 0.528 e. The molecule has 0 fully saturated rings. The van der Waals surface area contributed by atoms with Crippen LogP contribution >= 0.6 is 0 Å². The second-order valence-electron chi connectivity index (χ2n) is 11.7. The number of ether oxygens (including phenoxy) is 2. The number of rotatable bonds is 17. The molecule has 0 saturated carbocycles. The lowest BCUT2D eigenvalue weighted by molar-refractivity contribution is -0.441. The Morgan fingerprint density at radius 1 is 0.771 bits per heavy atom. The fraction of sp³-hybridized carbons (Fsp3) is 0.633. The van der Waals surface area contributed by atoms with Crippen molar-refractivity contribution >= 4 is 9.76 Å². The highest BCUT2D eigenvalue weighted by Crippen LogP contribution is 2.61. The van der Waals surface area contributed by atoms with E-state index in [1.54, 1.807) is 30.5 Å². The van der Waals surface area contributed by atoms with Crippen LogP contribution in [0.3, 0.4) is 0 Å². The predicted molar refractivity (Wildman–Crippen MR) is 148 cm³/mol.